The van der Waals surface area contributed by atoms with Gasteiger partial charge in [0.05, 0.1) is 0 Å². The van der Waals surface area contributed by atoms with Crippen molar-refractivity contribution in [2.24, 2.45) is 0 Å². The Morgan fingerprint density at radius 2 is 1.08 bits per heavy atom. The van der Waals surface area contributed by atoms with Crippen LogP contribution >= 0.6 is 0 Å². The molecular weight excluding hydrogens is 476 g/mol. The van der Waals surface area contributed by atoms with Crippen LogP contribution in [-0.4, -0.2) is 111 Å². The van der Waals surface area contributed by atoms with Gasteiger partial charge in [0.25, 0.3) is 0 Å². The molecule has 38 heavy (non-hydrogen) atoms. The number of hydrogen-bond acceptors (Lipinski definition) is 7. The van der Waals surface area contributed by atoms with Crippen molar-refractivity contribution in [2.45, 2.75) is 32.1 Å². The number of nitrogens with zero attached hydrogens (tertiary/aromatic N) is 4. The molecule has 0 aromatic heterocycles. The van der Waals surface area contributed by atoms with E-state index in [1.165, 1.54) is 0 Å². The summed E-state index contributed by atoms with van der Waals surface area (Å²) in [6, 6.07) is 11.6. The first-order valence-corrected chi connectivity index (χ1v) is 14.3. The normalized spacial score (nSPS) is 19.0. The highest BCUT2D eigenvalue weighted by Gasteiger charge is 2.21. The molecule has 0 atom stereocenters. The van der Waals surface area contributed by atoms with Crippen molar-refractivity contribution < 1.29 is 14.3 Å². The fraction of sp³-hybridized carbons (Fsp3) is 0.548. The summed E-state index contributed by atoms with van der Waals surface area (Å²) in [6.45, 7) is 10.7. The maximum Gasteiger partial charge on any atom is 0.162 e. The Morgan fingerprint density at radius 3 is 1.50 bits per heavy atom. The number of benzene rings is 2. The number of piperazine rings is 2. The largest absolute Gasteiger partial charge is 0.457 e. The summed E-state index contributed by atoms with van der Waals surface area (Å²) in [5.41, 5.74) is 3.54. The van der Waals surface area contributed by atoms with Crippen LogP contribution in [0.4, 0.5) is 0 Å². The van der Waals surface area contributed by atoms with Crippen molar-refractivity contribution in [3.8, 4) is 11.5 Å². The van der Waals surface area contributed by atoms with E-state index in [-0.39, 0.29) is 11.6 Å². The van der Waals surface area contributed by atoms with Crippen molar-refractivity contribution in [3.63, 3.8) is 0 Å². The summed E-state index contributed by atoms with van der Waals surface area (Å²) < 4.78 is 6.14. The van der Waals surface area contributed by atoms with Gasteiger partial charge in [-0.3, -0.25) is 9.59 Å². The molecule has 7 nitrogen and oxygen atoms in total. The van der Waals surface area contributed by atoms with Gasteiger partial charge in [0.15, 0.2) is 11.6 Å². The van der Waals surface area contributed by atoms with Crippen molar-refractivity contribution in [1.82, 2.24) is 19.6 Å². The second kappa shape index (κ2) is 12.5. The van der Waals surface area contributed by atoms with Crippen LogP contribution in [0, 0.1) is 0 Å². The van der Waals surface area contributed by atoms with Crippen LogP contribution in [0.5, 0.6) is 11.5 Å². The fourth-order valence-corrected chi connectivity index (χ4v) is 5.66. The van der Waals surface area contributed by atoms with Gasteiger partial charge in [-0.1, -0.05) is 0 Å². The molecule has 0 saturated carbocycles. The first-order valence-electron chi connectivity index (χ1n) is 14.3. The summed E-state index contributed by atoms with van der Waals surface area (Å²) >= 11 is 0. The molecule has 0 radical (unpaired) electrons. The molecule has 0 amide bonds. The Bertz CT molecular complexity index is 1050. The quantitative estimate of drug-likeness (QED) is 0.379. The molecule has 2 aromatic carbocycles. The van der Waals surface area contributed by atoms with E-state index in [1.54, 1.807) is 0 Å². The molecule has 0 spiro atoms. The van der Waals surface area contributed by atoms with Gasteiger partial charge >= 0.3 is 0 Å². The molecule has 2 aromatic rings. The maximum absolute atomic E-state index is 12.9. The Morgan fingerprint density at radius 1 is 0.658 bits per heavy atom. The van der Waals surface area contributed by atoms with E-state index in [1.807, 2.05) is 36.4 Å². The lowest BCUT2D eigenvalue weighted by Crippen LogP contribution is -2.44. The average Bonchev–Trinajstić information content (AvgIpc) is 2.93. The minimum atomic E-state index is 0.192. The molecule has 0 bridgehead atoms. The summed E-state index contributed by atoms with van der Waals surface area (Å²) in [5, 5.41) is 0. The molecule has 5 rings (SSSR count). The van der Waals surface area contributed by atoms with Gasteiger partial charge < -0.3 is 24.3 Å². The van der Waals surface area contributed by atoms with Crippen molar-refractivity contribution >= 4 is 11.6 Å². The first-order chi connectivity index (χ1) is 18.4. The van der Waals surface area contributed by atoms with E-state index in [0.717, 1.165) is 112 Å². The predicted molar refractivity (Wildman–Crippen MR) is 151 cm³/mol. The smallest absolute Gasteiger partial charge is 0.162 e. The van der Waals surface area contributed by atoms with Gasteiger partial charge in [-0.05, 0) is 76.4 Å². The Kier molecular flexibility index (Phi) is 8.89. The van der Waals surface area contributed by atoms with Crippen LogP contribution in [0.15, 0.2) is 36.4 Å². The monoisotopic (exact) mass is 518 g/mol. The van der Waals surface area contributed by atoms with Gasteiger partial charge in [0, 0.05) is 93.9 Å². The predicted octanol–water partition coefficient (Wildman–Crippen LogP) is 3.80. The second-order valence-corrected chi connectivity index (χ2v) is 11.3. The number of Topliss-reactive ketones (excluding diaryl/α,β-unsaturated/α-hetero) is 2. The number of rotatable bonds is 10. The van der Waals surface area contributed by atoms with Crippen molar-refractivity contribution in [2.75, 3.05) is 79.5 Å². The van der Waals surface area contributed by atoms with Crippen LogP contribution in [0.25, 0.3) is 0 Å². The standard InChI is InChI=1S/C31H42N4O3/c1-32-13-17-34(18-14-32)11-3-5-28(36)24-7-9-30-26(21-24)23-27-22-25(8-10-31(27)38-30)29(37)6-4-12-35-19-15-33(2)16-20-35/h7-10,21-22H,3-6,11-20,23H2,1-2H3. The summed E-state index contributed by atoms with van der Waals surface area (Å²) in [5.74, 6) is 1.99. The van der Waals surface area contributed by atoms with Gasteiger partial charge in [-0.25, -0.2) is 0 Å². The van der Waals surface area contributed by atoms with Crippen LogP contribution in [0.1, 0.15) is 57.5 Å². The average molecular weight is 519 g/mol. The minimum absolute atomic E-state index is 0.192. The number of carbonyl (C=O) groups is 2. The van der Waals surface area contributed by atoms with Crippen LogP contribution < -0.4 is 4.74 Å². The second-order valence-electron chi connectivity index (χ2n) is 11.3. The lowest BCUT2D eigenvalue weighted by molar-refractivity contribution is 0.0959. The Labute approximate surface area is 227 Å². The topological polar surface area (TPSA) is 56.3 Å². The van der Waals surface area contributed by atoms with Crippen LogP contribution in [0.2, 0.25) is 0 Å². The molecule has 0 unspecified atom stereocenters. The minimum Gasteiger partial charge on any atom is -0.457 e. The SMILES string of the molecule is CN1CCN(CCCC(=O)c2ccc3c(c2)Cc2cc(C(=O)CCCN4CCN(C)CC4)ccc2O3)CC1. The molecule has 2 saturated heterocycles. The summed E-state index contributed by atoms with van der Waals surface area (Å²) in [4.78, 5) is 35.5. The van der Waals surface area contributed by atoms with E-state index in [2.05, 4.69) is 33.7 Å². The number of fused-ring (bicyclic) bond motifs is 2. The molecule has 204 valence electrons. The van der Waals surface area contributed by atoms with Gasteiger partial charge in [-0.2, -0.15) is 0 Å². The van der Waals surface area contributed by atoms with E-state index >= 15 is 0 Å². The third-order valence-corrected chi connectivity index (χ3v) is 8.31. The molecule has 0 N–H and O–H groups in total. The Balaban J connectivity index is 1.13. The first kappa shape index (κ1) is 27.0. The number of hydrogen-bond donors (Lipinski definition) is 0. The molecule has 7 heteroatoms. The Hall–Kier alpha value is -2.58. The van der Waals surface area contributed by atoms with Crippen molar-refractivity contribution in [3.05, 3.63) is 58.7 Å². The van der Waals surface area contributed by atoms with Crippen LogP contribution in [-0.2, 0) is 6.42 Å². The lowest BCUT2D eigenvalue weighted by atomic mass is 9.94. The van der Waals surface area contributed by atoms with E-state index in [0.29, 0.717) is 19.3 Å². The summed E-state index contributed by atoms with van der Waals surface area (Å²) in [7, 11) is 4.32. The maximum atomic E-state index is 12.9. The molecule has 3 heterocycles. The zero-order valence-corrected chi connectivity index (χ0v) is 23.1. The van der Waals surface area contributed by atoms with Gasteiger partial charge in [0.1, 0.15) is 11.5 Å². The van der Waals surface area contributed by atoms with E-state index < -0.39 is 0 Å². The van der Waals surface area contributed by atoms with Crippen molar-refractivity contribution in [1.29, 1.82) is 0 Å². The number of ketones is 2. The van der Waals surface area contributed by atoms with Gasteiger partial charge in [0.2, 0.25) is 0 Å². The molecule has 3 aliphatic rings. The molecule has 0 aliphatic carbocycles. The highest BCUT2D eigenvalue weighted by Crippen LogP contribution is 2.37. The molecule has 2 fully saturated rings. The number of ether oxygens (including phenoxy) is 1. The van der Waals surface area contributed by atoms with Crippen LogP contribution in [0.3, 0.4) is 0 Å². The zero-order valence-electron chi connectivity index (χ0n) is 23.1. The highest BCUT2D eigenvalue weighted by atomic mass is 16.5. The fourth-order valence-electron chi connectivity index (χ4n) is 5.66. The lowest BCUT2D eigenvalue weighted by Gasteiger charge is -2.32. The molecular formula is C31H42N4O3. The number of likely N-dealkylation sites (N-methyl/N-ethyl adjacent to an activating group) is 2. The highest BCUT2D eigenvalue weighted by molar-refractivity contribution is 5.97. The molecule has 3 aliphatic heterocycles. The zero-order chi connectivity index (χ0) is 26.5. The summed E-state index contributed by atoms with van der Waals surface area (Å²) in [6.07, 6.45) is 3.58. The van der Waals surface area contributed by atoms with Gasteiger partial charge in [-0.15, -0.1) is 0 Å². The number of carbonyl (C=O) groups excluding carboxylic acids is 2. The van der Waals surface area contributed by atoms with E-state index in [4.69, 9.17) is 4.74 Å². The third-order valence-electron chi connectivity index (χ3n) is 8.31. The van der Waals surface area contributed by atoms with E-state index in [9.17, 15) is 9.59 Å². The third kappa shape index (κ3) is 6.89.